The van der Waals surface area contributed by atoms with Crippen molar-refractivity contribution < 1.29 is 0 Å². The van der Waals surface area contributed by atoms with Gasteiger partial charge >= 0.3 is 0 Å². The maximum Gasteiger partial charge on any atom is 0.0459 e. The molecular formula is C15H15N. The lowest BCUT2D eigenvalue weighted by Gasteiger charge is -1.99. The Morgan fingerprint density at radius 1 is 1.31 bits per heavy atom. The van der Waals surface area contributed by atoms with Gasteiger partial charge in [0.25, 0.3) is 0 Å². The molecular weight excluding hydrogens is 194 g/mol. The van der Waals surface area contributed by atoms with Crippen LogP contribution < -0.4 is 0 Å². The Morgan fingerprint density at radius 3 is 3.06 bits per heavy atom. The Bertz CT molecular complexity index is 585. The summed E-state index contributed by atoms with van der Waals surface area (Å²) in [5, 5.41) is 1.35. The van der Waals surface area contributed by atoms with E-state index in [0.29, 0.717) is 0 Å². The van der Waals surface area contributed by atoms with Crippen molar-refractivity contribution in [3.05, 3.63) is 59.3 Å². The minimum Gasteiger partial charge on any atom is -0.361 e. The van der Waals surface area contributed by atoms with Crippen LogP contribution in [0.4, 0.5) is 0 Å². The maximum atomic E-state index is 3.35. The summed E-state index contributed by atoms with van der Waals surface area (Å²) < 4.78 is 0. The zero-order chi connectivity index (χ0) is 11.0. The number of hydrogen-bond donors (Lipinski definition) is 1. The van der Waals surface area contributed by atoms with Gasteiger partial charge < -0.3 is 4.98 Å². The van der Waals surface area contributed by atoms with Crippen molar-refractivity contribution in [1.29, 1.82) is 0 Å². The molecule has 1 nitrogen and oxygen atoms in total. The SMILES string of the molecule is Cc1ccc2c(CC3=CCC=C3)c[nH]c2c1. The number of rotatable bonds is 2. The van der Waals surface area contributed by atoms with Gasteiger partial charge in [0.1, 0.15) is 0 Å². The predicted molar refractivity (Wildman–Crippen MR) is 68.6 cm³/mol. The van der Waals surface area contributed by atoms with E-state index >= 15 is 0 Å². The van der Waals surface area contributed by atoms with Crippen molar-refractivity contribution in [2.24, 2.45) is 0 Å². The number of hydrogen-bond acceptors (Lipinski definition) is 0. The second-order valence-corrected chi connectivity index (χ2v) is 4.46. The van der Waals surface area contributed by atoms with Gasteiger partial charge in [0.15, 0.2) is 0 Å². The van der Waals surface area contributed by atoms with Crippen LogP contribution in [0.3, 0.4) is 0 Å². The average Bonchev–Trinajstić information content (AvgIpc) is 2.89. The molecule has 3 rings (SSSR count). The van der Waals surface area contributed by atoms with E-state index in [1.165, 1.54) is 27.6 Å². The Labute approximate surface area is 95.5 Å². The van der Waals surface area contributed by atoms with Gasteiger partial charge in [-0.25, -0.2) is 0 Å². The molecule has 1 aromatic heterocycles. The molecule has 1 aliphatic carbocycles. The molecule has 0 bridgehead atoms. The first-order valence-electron chi connectivity index (χ1n) is 5.75. The van der Waals surface area contributed by atoms with Crippen molar-refractivity contribution in [3.63, 3.8) is 0 Å². The van der Waals surface area contributed by atoms with Gasteiger partial charge in [-0.1, -0.05) is 30.4 Å². The first-order valence-corrected chi connectivity index (χ1v) is 5.75. The fraction of sp³-hybridized carbons (Fsp3) is 0.200. The van der Waals surface area contributed by atoms with E-state index in [9.17, 15) is 0 Å². The van der Waals surface area contributed by atoms with Crippen LogP contribution >= 0.6 is 0 Å². The number of fused-ring (bicyclic) bond motifs is 1. The number of nitrogens with one attached hydrogen (secondary N) is 1. The van der Waals surface area contributed by atoms with Gasteiger partial charge in [0.05, 0.1) is 0 Å². The number of aromatic amines is 1. The van der Waals surface area contributed by atoms with Gasteiger partial charge in [-0.2, -0.15) is 0 Å². The fourth-order valence-electron chi connectivity index (χ4n) is 2.30. The van der Waals surface area contributed by atoms with E-state index in [4.69, 9.17) is 0 Å². The molecule has 0 saturated heterocycles. The second kappa shape index (κ2) is 3.67. The highest BCUT2D eigenvalue weighted by Gasteiger charge is 2.06. The molecule has 0 amide bonds. The zero-order valence-corrected chi connectivity index (χ0v) is 9.46. The third-order valence-corrected chi connectivity index (χ3v) is 3.17. The lowest BCUT2D eigenvalue weighted by Crippen LogP contribution is -1.84. The van der Waals surface area contributed by atoms with Crippen molar-refractivity contribution in [2.75, 3.05) is 0 Å². The van der Waals surface area contributed by atoms with Crippen LogP contribution in [0.2, 0.25) is 0 Å². The molecule has 2 aromatic rings. The highest BCUT2D eigenvalue weighted by molar-refractivity contribution is 5.84. The molecule has 80 valence electrons. The van der Waals surface area contributed by atoms with Crippen LogP contribution in [0.25, 0.3) is 10.9 Å². The largest absolute Gasteiger partial charge is 0.361 e. The van der Waals surface area contributed by atoms with E-state index in [-0.39, 0.29) is 0 Å². The Morgan fingerprint density at radius 2 is 2.25 bits per heavy atom. The third kappa shape index (κ3) is 1.58. The van der Waals surface area contributed by atoms with Crippen molar-refractivity contribution in [3.8, 4) is 0 Å². The normalized spacial score (nSPS) is 14.7. The van der Waals surface area contributed by atoms with Crippen LogP contribution in [0.1, 0.15) is 17.5 Å². The lowest BCUT2D eigenvalue weighted by molar-refractivity contribution is 1.21. The minimum absolute atomic E-state index is 1.04. The summed E-state index contributed by atoms with van der Waals surface area (Å²) in [6.07, 6.45) is 11.0. The van der Waals surface area contributed by atoms with Gasteiger partial charge in [-0.15, -0.1) is 0 Å². The first-order chi connectivity index (χ1) is 7.83. The van der Waals surface area contributed by atoms with E-state index in [1.54, 1.807) is 0 Å². The fourth-order valence-corrected chi connectivity index (χ4v) is 2.30. The molecule has 0 atom stereocenters. The predicted octanol–water partition coefficient (Wildman–Crippen LogP) is 3.91. The van der Waals surface area contributed by atoms with E-state index in [2.05, 4.69) is 54.5 Å². The summed E-state index contributed by atoms with van der Waals surface area (Å²) in [5.74, 6) is 0. The van der Waals surface area contributed by atoms with E-state index < -0.39 is 0 Å². The highest BCUT2D eigenvalue weighted by atomic mass is 14.7. The third-order valence-electron chi connectivity index (χ3n) is 3.17. The molecule has 16 heavy (non-hydrogen) atoms. The second-order valence-electron chi connectivity index (χ2n) is 4.46. The number of benzene rings is 1. The van der Waals surface area contributed by atoms with Crippen molar-refractivity contribution >= 4 is 10.9 Å². The summed E-state index contributed by atoms with van der Waals surface area (Å²) in [7, 11) is 0. The number of allylic oxidation sites excluding steroid dienone is 4. The average molecular weight is 209 g/mol. The molecule has 0 fully saturated rings. The Balaban J connectivity index is 2.01. The van der Waals surface area contributed by atoms with Crippen LogP contribution in [0.15, 0.2) is 48.2 Å². The van der Waals surface area contributed by atoms with E-state index in [0.717, 1.165) is 12.8 Å². The summed E-state index contributed by atoms with van der Waals surface area (Å²) in [4.78, 5) is 3.35. The molecule has 0 saturated carbocycles. The molecule has 1 aliphatic rings. The number of aromatic nitrogens is 1. The molecule has 0 aliphatic heterocycles. The Kier molecular flexibility index (Phi) is 2.17. The molecule has 1 aromatic carbocycles. The monoisotopic (exact) mass is 209 g/mol. The highest BCUT2D eigenvalue weighted by Crippen LogP contribution is 2.23. The Hall–Kier alpha value is -1.76. The smallest absolute Gasteiger partial charge is 0.0459 e. The summed E-state index contributed by atoms with van der Waals surface area (Å²) in [6.45, 7) is 2.13. The quantitative estimate of drug-likeness (QED) is 0.772. The number of H-pyrrole nitrogens is 1. The van der Waals surface area contributed by atoms with Gasteiger partial charge in [0, 0.05) is 17.1 Å². The molecule has 1 heteroatoms. The van der Waals surface area contributed by atoms with Gasteiger partial charge in [0.2, 0.25) is 0 Å². The maximum absolute atomic E-state index is 3.35. The van der Waals surface area contributed by atoms with Gasteiger partial charge in [-0.3, -0.25) is 0 Å². The summed E-state index contributed by atoms with van der Waals surface area (Å²) in [6, 6.07) is 6.60. The van der Waals surface area contributed by atoms with Crippen molar-refractivity contribution in [2.45, 2.75) is 19.8 Å². The molecule has 0 spiro atoms. The molecule has 1 N–H and O–H groups in total. The topological polar surface area (TPSA) is 15.8 Å². The van der Waals surface area contributed by atoms with Crippen LogP contribution in [0, 0.1) is 6.92 Å². The standard InChI is InChI=1S/C15H15N/c1-11-6-7-14-13(10-16-15(14)8-11)9-12-4-2-3-5-12/h2,4-8,10,16H,3,9H2,1H3. The number of aryl methyl sites for hydroxylation is 1. The van der Waals surface area contributed by atoms with Crippen LogP contribution in [-0.4, -0.2) is 4.98 Å². The first kappa shape index (κ1) is 9.46. The molecule has 0 unspecified atom stereocenters. The van der Waals surface area contributed by atoms with Gasteiger partial charge in [-0.05, 0) is 42.5 Å². The molecule has 0 radical (unpaired) electrons. The summed E-state index contributed by atoms with van der Waals surface area (Å²) in [5.41, 5.74) is 5.38. The van der Waals surface area contributed by atoms with E-state index in [1.807, 2.05) is 0 Å². The zero-order valence-electron chi connectivity index (χ0n) is 9.46. The lowest BCUT2D eigenvalue weighted by atomic mass is 10.0. The van der Waals surface area contributed by atoms with Crippen molar-refractivity contribution in [1.82, 2.24) is 4.98 Å². The summed E-state index contributed by atoms with van der Waals surface area (Å²) >= 11 is 0. The van der Waals surface area contributed by atoms with Crippen LogP contribution in [0.5, 0.6) is 0 Å². The minimum atomic E-state index is 1.04. The molecule has 1 heterocycles. The van der Waals surface area contributed by atoms with Crippen LogP contribution in [-0.2, 0) is 6.42 Å².